The highest BCUT2D eigenvalue weighted by molar-refractivity contribution is 7.92. The molecular weight excluding hydrogens is 581 g/mol. The zero-order valence-electron chi connectivity index (χ0n) is 23.2. The molecular formula is C31H35Cl2N3O4S. The van der Waals surface area contributed by atoms with Gasteiger partial charge >= 0.3 is 0 Å². The van der Waals surface area contributed by atoms with E-state index in [2.05, 4.69) is 5.32 Å². The number of benzene rings is 3. The summed E-state index contributed by atoms with van der Waals surface area (Å²) >= 11 is 12.5. The van der Waals surface area contributed by atoms with Gasteiger partial charge in [0.15, 0.2) is 0 Å². The van der Waals surface area contributed by atoms with Crippen molar-refractivity contribution in [2.45, 2.75) is 69.5 Å². The Morgan fingerprint density at radius 2 is 1.63 bits per heavy atom. The third kappa shape index (κ3) is 7.82. The maximum absolute atomic E-state index is 14.1. The van der Waals surface area contributed by atoms with Gasteiger partial charge in [0.1, 0.15) is 12.6 Å². The third-order valence-electron chi connectivity index (χ3n) is 7.39. The second-order valence-electron chi connectivity index (χ2n) is 10.4. The molecule has 0 aliphatic heterocycles. The SMILES string of the molecule is Cc1cccc(N(CC(=O)N(Cc2ccccc2Cl)[C@@H](C)C(=O)NC2CCCCC2)S(=O)(=O)c2ccc(Cl)cc2)c1. The summed E-state index contributed by atoms with van der Waals surface area (Å²) in [5.41, 5.74) is 1.83. The molecule has 10 heteroatoms. The minimum atomic E-state index is -4.17. The van der Waals surface area contributed by atoms with Crippen LogP contribution in [0, 0.1) is 6.92 Å². The van der Waals surface area contributed by atoms with Crippen LogP contribution >= 0.6 is 23.2 Å². The standard InChI is InChI=1S/C31H35Cl2N3O4S/c1-22-9-8-13-27(19-22)36(41(39,40)28-17-15-25(32)16-18-28)21-30(37)35(20-24-10-6-7-14-29(24)33)23(2)31(38)34-26-11-4-3-5-12-26/h6-10,13-19,23,26H,3-5,11-12,20-21H2,1-2H3,(H,34,38)/t23-/m0/s1. The highest BCUT2D eigenvalue weighted by Crippen LogP contribution is 2.27. The molecule has 218 valence electrons. The van der Waals surface area contributed by atoms with Gasteiger partial charge in [-0.3, -0.25) is 13.9 Å². The maximum atomic E-state index is 14.1. The summed E-state index contributed by atoms with van der Waals surface area (Å²) in [6.45, 7) is 3.04. The third-order valence-corrected chi connectivity index (χ3v) is 9.80. The van der Waals surface area contributed by atoms with Crippen molar-refractivity contribution in [2.24, 2.45) is 0 Å². The molecule has 1 N–H and O–H groups in total. The molecule has 0 heterocycles. The summed E-state index contributed by atoms with van der Waals surface area (Å²) < 4.78 is 28.9. The summed E-state index contributed by atoms with van der Waals surface area (Å²) in [5.74, 6) is -0.810. The quantitative estimate of drug-likeness (QED) is 0.287. The highest BCUT2D eigenvalue weighted by atomic mass is 35.5. The molecule has 4 rings (SSSR count). The first-order valence-corrected chi connectivity index (χ1v) is 15.9. The number of amides is 2. The van der Waals surface area contributed by atoms with E-state index in [0.717, 1.165) is 42.0 Å². The first-order chi connectivity index (χ1) is 19.6. The average molecular weight is 617 g/mol. The van der Waals surface area contributed by atoms with Gasteiger partial charge in [-0.15, -0.1) is 0 Å². The molecule has 1 aliphatic rings. The topological polar surface area (TPSA) is 86.8 Å². The summed E-state index contributed by atoms with van der Waals surface area (Å²) in [4.78, 5) is 28.9. The van der Waals surface area contributed by atoms with Crippen molar-refractivity contribution in [2.75, 3.05) is 10.8 Å². The normalized spacial score (nSPS) is 14.7. The number of hydrogen-bond acceptors (Lipinski definition) is 4. The van der Waals surface area contributed by atoms with Crippen molar-refractivity contribution in [3.8, 4) is 0 Å². The predicted molar refractivity (Wildman–Crippen MR) is 164 cm³/mol. The monoisotopic (exact) mass is 615 g/mol. The molecule has 7 nitrogen and oxygen atoms in total. The fourth-order valence-electron chi connectivity index (χ4n) is 5.01. The second-order valence-corrected chi connectivity index (χ2v) is 13.1. The van der Waals surface area contributed by atoms with E-state index in [0.29, 0.717) is 21.3 Å². The number of aryl methyl sites for hydroxylation is 1. The Morgan fingerprint density at radius 3 is 2.29 bits per heavy atom. The van der Waals surface area contributed by atoms with Gasteiger partial charge < -0.3 is 10.2 Å². The van der Waals surface area contributed by atoms with Crippen LogP contribution in [0.5, 0.6) is 0 Å². The van der Waals surface area contributed by atoms with E-state index in [1.807, 2.05) is 13.0 Å². The molecule has 0 spiro atoms. The molecule has 1 aliphatic carbocycles. The lowest BCUT2D eigenvalue weighted by atomic mass is 9.95. The fraction of sp³-hybridized carbons (Fsp3) is 0.355. The van der Waals surface area contributed by atoms with Crippen LogP contribution in [0.25, 0.3) is 0 Å². The van der Waals surface area contributed by atoms with Gasteiger partial charge in [-0.2, -0.15) is 0 Å². The van der Waals surface area contributed by atoms with Crippen molar-refractivity contribution < 1.29 is 18.0 Å². The smallest absolute Gasteiger partial charge is 0.264 e. The minimum absolute atomic E-state index is 0.00282. The van der Waals surface area contributed by atoms with Gasteiger partial charge in [-0.1, -0.05) is 72.8 Å². The molecule has 1 fully saturated rings. The van der Waals surface area contributed by atoms with Crippen molar-refractivity contribution in [3.63, 3.8) is 0 Å². The fourth-order valence-corrected chi connectivity index (χ4v) is 6.73. The molecule has 0 bridgehead atoms. The molecule has 41 heavy (non-hydrogen) atoms. The Kier molecular flexibility index (Phi) is 10.3. The maximum Gasteiger partial charge on any atom is 0.264 e. The molecule has 1 atom stereocenters. The summed E-state index contributed by atoms with van der Waals surface area (Å²) in [6, 6.07) is 19.0. The number of halogens is 2. The Labute approximate surface area is 252 Å². The van der Waals surface area contributed by atoms with Gasteiger partial charge in [-0.05, 0) is 80.3 Å². The van der Waals surface area contributed by atoms with Crippen molar-refractivity contribution in [1.29, 1.82) is 0 Å². The summed E-state index contributed by atoms with van der Waals surface area (Å²) in [6.07, 6.45) is 5.05. The molecule has 3 aromatic carbocycles. The highest BCUT2D eigenvalue weighted by Gasteiger charge is 2.33. The minimum Gasteiger partial charge on any atom is -0.352 e. The van der Waals surface area contributed by atoms with Crippen LogP contribution < -0.4 is 9.62 Å². The zero-order chi connectivity index (χ0) is 29.6. The molecule has 0 radical (unpaired) electrons. The Balaban J connectivity index is 1.68. The Hall–Kier alpha value is -3.07. The number of hydrogen-bond donors (Lipinski definition) is 1. The van der Waals surface area contributed by atoms with E-state index < -0.39 is 28.5 Å². The lowest BCUT2D eigenvalue weighted by Gasteiger charge is -2.33. The van der Waals surface area contributed by atoms with Crippen molar-refractivity contribution in [3.05, 3.63) is 94.0 Å². The summed E-state index contributed by atoms with van der Waals surface area (Å²) in [5, 5.41) is 3.95. The Morgan fingerprint density at radius 1 is 0.951 bits per heavy atom. The number of nitrogens with one attached hydrogen (secondary N) is 1. The average Bonchev–Trinajstić information content (AvgIpc) is 2.95. The molecule has 0 aromatic heterocycles. The largest absolute Gasteiger partial charge is 0.352 e. The number of carbonyl (C=O) groups excluding carboxylic acids is 2. The van der Waals surface area contributed by atoms with Gasteiger partial charge in [0.2, 0.25) is 11.8 Å². The van der Waals surface area contributed by atoms with Crippen LogP contribution in [0.3, 0.4) is 0 Å². The molecule has 0 unspecified atom stereocenters. The van der Waals surface area contributed by atoms with Crippen LogP contribution in [-0.4, -0.2) is 43.8 Å². The predicted octanol–water partition coefficient (Wildman–Crippen LogP) is 6.36. The Bertz CT molecular complexity index is 1470. The first-order valence-electron chi connectivity index (χ1n) is 13.7. The summed E-state index contributed by atoms with van der Waals surface area (Å²) in [7, 11) is -4.17. The molecule has 2 amide bonds. The number of carbonyl (C=O) groups is 2. The lowest BCUT2D eigenvalue weighted by Crippen LogP contribution is -2.53. The molecule has 0 saturated heterocycles. The van der Waals surface area contributed by atoms with E-state index in [-0.39, 0.29) is 23.4 Å². The number of anilines is 1. The van der Waals surface area contributed by atoms with Gasteiger partial charge in [0, 0.05) is 22.6 Å². The van der Waals surface area contributed by atoms with Gasteiger partial charge in [0.25, 0.3) is 10.0 Å². The van der Waals surface area contributed by atoms with E-state index in [1.165, 1.54) is 29.2 Å². The zero-order valence-corrected chi connectivity index (χ0v) is 25.6. The van der Waals surface area contributed by atoms with Crippen LogP contribution in [0.4, 0.5) is 5.69 Å². The van der Waals surface area contributed by atoms with E-state index in [1.54, 1.807) is 49.4 Å². The van der Waals surface area contributed by atoms with Crippen molar-refractivity contribution >= 4 is 50.7 Å². The number of rotatable bonds is 10. The molecule has 1 saturated carbocycles. The van der Waals surface area contributed by atoms with Gasteiger partial charge in [0.05, 0.1) is 10.6 Å². The van der Waals surface area contributed by atoms with Crippen LogP contribution in [0.1, 0.15) is 50.2 Å². The van der Waals surface area contributed by atoms with Crippen LogP contribution in [0.15, 0.2) is 77.7 Å². The number of nitrogens with zero attached hydrogens (tertiary/aromatic N) is 2. The van der Waals surface area contributed by atoms with E-state index in [4.69, 9.17) is 23.2 Å². The number of sulfonamides is 1. The van der Waals surface area contributed by atoms with Crippen molar-refractivity contribution in [1.82, 2.24) is 10.2 Å². The molecule has 3 aromatic rings. The van der Waals surface area contributed by atoms with E-state index >= 15 is 0 Å². The first kappa shape index (κ1) is 30.9. The van der Waals surface area contributed by atoms with Crippen LogP contribution in [-0.2, 0) is 26.2 Å². The van der Waals surface area contributed by atoms with Gasteiger partial charge in [-0.25, -0.2) is 8.42 Å². The lowest BCUT2D eigenvalue weighted by molar-refractivity contribution is -0.139. The van der Waals surface area contributed by atoms with Crippen LogP contribution in [0.2, 0.25) is 10.0 Å². The van der Waals surface area contributed by atoms with E-state index in [9.17, 15) is 18.0 Å². The second kappa shape index (κ2) is 13.7.